The fourth-order valence-electron chi connectivity index (χ4n) is 4.02. The molecule has 1 unspecified atom stereocenters. The van der Waals surface area contributed by atoms with E-state index in [0.29, 0.717) is 25.9 Å². The van der Waals surface area contributed by atoms with Crippen molar-refractivity contribution in [2.75, 3.05) is 26.2 Å². The number of aromatic nitrogens is 1. The third kappa shape index (κ3) is 6.88. The molecule has 0 saturated carbocycles. The molecule has 2 atom stereocenters. The van der Waals surface area contributed by atoms with Crippen LogP contribution in [0.25, 0.3) is 10.9 Å². The molecule has 170 valence electrons. The van der Waals surface area contributed by atoms with E-state index in [4.69, 9.17) is 9.79 Å². The fraction of sp³-hybridized carbons (Fsp3) is 0.500. The maximum Gasteiger partial charge on any atom is 0.469 e. The zero-order chi connectivity index (χ0) is 22.4. The molecule has 0 spiro atoms. The van der Waals surface area contributed by atoms with E-state index >= 15 is 0 Å². The molecule has 10 nitrogen and oxygen atoms in total. The van der Waals surface area contributed by atoms with Crippen molar-refractivity contribution < 1.29 is 28.5 Å². The summed E-state index contributed by atoms with van der Waals surface area (Å²) in [6.45, 7) is 2.41. The Bertz CT molecular complexity index is 958. The minimum atomic E-state index is -4.65. The first-order valence-electron chi connectivity index (χ1n) is 10.3. The minimum absolute atomic E-state index is 0.0881. The number of carbonyl (C=O) groups is 2. The normalized spacial score (nSPS) is 18.2. The highest BCUT2D eigenvalue weighted by molar-refractivity contribution is 7.46. The van der Waals surface area contributed by atoms with Gasteiger partial charge in [-0.1, -0.05) is 18.2 Å². The lowest BCUT2D eigenvalue weighted by Gasteiger charge is -2.28. The van der Waals surface area contributed by atoms with Crippen LogP contribution in [0.4, 0.5) is 0 Å². The Balaban J connectivity index is 1.53. The molecule has 1 aliphatic rings. The van der Waals surface area contributed by atoms with Crippen molar-refractivity contribution in [2.45, 2.75) is 38.3 Å². The van der Waals surface area contributed by atoms with Gasteiger partial charge in [0.05, 0.1) is 18.7 Å². The molecular formula is C20H29N4O6P. The van der Waals surface area contributed by atoms with Gasteiger partial charge >= 0.3 is 7.82 Å². The molecule has 2 heterocycles. The lowest BCUT2D eigenvalue weighted by molar-refractivity contribution is -0.125. The predicted molar refractivity (Wildman–Crippen MR) is 115 cm³/mol. The monoisotopic (exact) mass is 452 g/mol. The molecule has 11 heteroatoms. The smallest absolute Gasteiger partial charge is 0.361 e. The van der Waals surface area contributed by atoms with Crippen LogP contribution in [0.1, 0.15) is 25.3 Å². The second kappa shape index (κ2) is 10.4. The van der Waals surface area contributed by atoms with Crippen LogP contribution in [-0.2, 0) is 25.1 Å². The molecule has 1 aliphatic heterocycles. The molecule has 3 rings (SSSR count). The summed E-state index contributed by atoms with van der Waals surface area (Å²) in [7, 11) is -4.65. The van der Waals surface area contributed by atoms with Gasteiger partial charge in [0.25, 0.3) is 0 Å². The van der Waals surface area contributed by atoms with Gasteiger partial charge in [-0.15, -0.1) is 0 Å². The van der Waals surface area contributed by atoms with Gasteiger partial charge in [0.15, 0.2) is 0 Å². The molecule has 1 fully saturated rings. The van der Waals surface area contributed by atoms with E-state index in [0.717, 1.165) is 22.9 Å². The van der Waals surface area contributed by atoms with Crippen LogP contribution in [0.5, 0.6) is 0 Å². The average molecular weight is 452 g/mol. The maximum absolute atomic E-state index is 12.8. The first-order valence-corrected chi connectivity index (χ1v) is 11.8. The standard InChI is InChI=1S/C20H29N4O6P/c1-14(25)23-16(13-30-31(27,28)29)12-24-10-4-7-19(24)20(26)21-9-8-15-11-22-18-6-3-2-5-17(15)18/h2-3,5-6,11,16,19,22H,4,7-10,12-13H2,1H3,(H,21,26)(H,23,25)(H2,27,28,29)/t16-,19?/m1/s1. The van der Waals surface area contributed by atoms with Crippen molar-refractivity contribution in [1.29, 1.82) is 0 Å². The Morgan fingerprint density at radius 3 is 2.87 bits per heavy atom. The molecule has 2 aromatic rings. The second-order valence-corrected chi connectivity index (χ2v) is 8.98. The quantitative estimate of drug-likeness (QED) is 0.337. The van der Waals surface area contributed by atoms with E-state index < -0.39 is 13.9 Å². The number of phosphoric ester groups is 1. The molecule has 5 N–H and O–H groups in total. The highest BCUT2D eigenvalue weighted by atomic mass is 31.2. The Hall–Kier alpha value is -2.23. The number of aromatic amines is 1. The highest BCUT2D eigenvalue weighted by Gasteiger charge is 2.32. The van der Waals surface area contributed by atoms with Gasteiger partial charge in [0.1, 0.15) is 0 Å². The molecule has 0 aliphatic carbocycles. The SMILES string of the molecule is CC(=O)N[C@@H](COP(=O)(O)O)CN1CCCC1C(=O)NCCc1c[nH]c2ccccc12. The van der Waals surface area contributed by atoms with E-state index in [2.05, 4.69) is 20.1 Å². The van der Waals surface area contributed by atoms with Crippen molar-refractivity contribution >= 4 is 30.5 Å². The molecule has 1 saturated heterocycles. The summed E-state index contributed by atoms with van der Waals surface area (Å²) in [5.74, 6) is -0.423. The van der Waals surface area contributed by atoms with Gasteiger partial charge in [0, 0.05) is 37.1 Å². The summed E-state index contributed by atoms with van der Waals surface area (Å²) in [6.07, 6.45) is 4.17. The van der Waals surface area contributed by atoms with Gasteiger partial charge in [-0.3, -0.25) is 19.0 Å². The van der Waals surface area contributed by atoms with Crippen LogP contribution in [0, 0.1) is 0 Å². The number of nitrogens with zero attached hydrogens (tertiary/aromatic N) is 1. The van der Waals surface area contributed by atoms with E-state index in [1.54, 1.807) is 0 Å². The van der Waals surface area contributed by atoms with Crippen LogP contribution >= 0.6 is 7.82 Å². The average Bonchev–Trinajstić information content (AvgIpc) is 3.32. The minimum Gasteiger partial charge on any atom is -0.361 e. The van der Waals surface area contributed by atoms with Crippen molar-refractivity contribution in [3.8, 4) is 0 Å². The molecule has 2 amide bonds. The van der Waals surface area contributed by atoms with Gasteiger partial charge in [-0.05, 0) is 37.4 Å². The van der Waals surface area contributed by atoms with Crippen molar-refractivity contribution in [1.82, 2.24) is 20.5 Å². The third-order valence-corrected chi connectivity index (χ3v) is 5.83. The Kier molecular flexibility index (Phi) is 7.85. The fourth-order valence-corrected chi connectivity index (χ4v) is 4.39. The predicted octanol–water partition coefficient (Wildman–Crippen LogP) is 0.905. The zero-order valence-corrected chi connectivity index (χ0v) is 18.3. The van der Waals surface area contributed by atoms with Gasteiger partial charge < -0.3 is 25.4 Å². The van der Waals surface area contributed by atoms with E-state index in [9.17, 15) is 14.2 Å². The molecule has 1 aromatic carbocycles. The summed E-state index contributed by atoms with van der Waals surface area (Å²) in [4.78, 5) is 47.2. The van der Waals surface area contributed by atoms with E-state index in [1.807, 2.05) is 35.4 Å². The Labute approximate surface area is 180 Å². The van der Waals surface area contributed by atoms with Crippen LogP contribution < -0.4 is 10.6 Å². The van der Waals surface area contributed by atoms with Crippen molar-refractivity contribution in [3.05, 3.63) is 36.0 Å². The largest absolute Gasteiger partial charge is 0.469 e. The van der Waals surface area contributed by atoms with Crippen LogP contribution in [-0.4, -0.2) is 69.8 Å². The van der Waals surface area contributed by atoms with Gasteiger partial charge in [0.2, 0.25) is 11.8 Å². The molecule has 31 heavy (non-hydrogen) atoms. The van der Waals surface area contributed by atoms with E-state index in [-0.39, 0.29) is 31.0 Å². The van der Waals surface area contributed by atoms with Crippen LogP contribution in [0.3, 0.4) is 0 Å². The number of likely N-dealkylation sites (tertiary alicyclic amines) is 1. The molecule has 0 radical (unpaired) electrons. The van der Waals surface area contributed by atoms with E-state index in [1.165, 1.54) is 6.92 Å². The molecular weight excluding hydrogens is 423 g/mol. The maximum atomic E-state index is 12.8. The summed E-state index contributed by atoms with van der Waals surface area (Å²) in [6, 6.07) is 7.02. The van der Waals surface area contributed by atoms with Crippen molar-refractivity contribution in [3.63, 3.8) is 0 Å². The number of phosphoric acid groups is 1. The summed E-state index contributed by atoms with van der Waals surface area (Å²) < 4.78 is 15.6. The number of nitrogens with one attached hydrogen (secondary N) is 3. The Morgan fingerprint density at radius 2 is 2.13 bits per heavy atom. The van der Waals surface area contributed by atoms with Crippen LogP contribution in [0.15, 0.2) is 30.5 Å². The number of hydrogen-bond donors (Lipinski definition) is 5. The number of carbonyl (C=O) groups excluding carboxylic acids is 2. The van der Waals surface area contributed by atoms with Crippen molar-refractivity contribution in [2.24, 2.45) is 0 Å². The topological polar surface area (TPSA) is 144 Å². The zero-order valence-electron chi connectivity index (χ0n) is 17.4. The number of fused-ring (bicyclic) bond motifs is 1. The van der Waals surface area contributed by atoms with Crippen LogP contribution in [0.2, 0.25) is 0 Å². The molecule has 1 aromatic heterocycles. The second-order valence-electron chi connectivity index (χ2n) is 7.74. The number of rotatable bonds is 10. The highest BCUT2D eigenvalue weighted by Crippen LogP contribution is 2.35. The number of para-hydroxylation sites is 1. The first-order chi connectivity index (χ1) is 14.7. The first kappa shape index (κ1) is 23.4. The summed E-state index contributed by atoms with van der Waals surface area (Å²) >= 11 is 0. The summed E-state index contributed by atoms with van der Waals surface area (Å²) in [5.41, 5.74) is 2.20. The lowest BCUT2D eigenvalue weighted by Crippen LogP contribution is -2.50. The van der Waals surface area contributed by atoms with Gasteiger partial charge in [-0.25, -0.2) is 4.57 Å². The Morgan fingerprint density at radius 1 is 1.35 bits per heavy atom. The number of amides is 2. The number of H-pyrrole nitrogens is 1. The van der Waals surface area contributed by atoms with Gasteiger partial charge in [-0.2, -0.15) is 0 Å². The number of hydrogen-bond acceptors (Lipinski definition) is 5. The number of benzene rings is 1. The molecule has 0 bridgehead atoms. The summed E-state index contributed by atoms with van der Waals surface area (Å²) in [5, 5.41) is 6.76. The third-order valence-electron chi connectivity index (χ3n) is 5.34. The lowest BCUT2D eigenvalue weighted by atomic mass is 10.1.